The number of nitrogens with one attached hydrogen (secondary N) is 1. The molecular formula is C18H27N3O3. The molecule has 1 atom stereocenters. The fourth-order valence-electron chi connectivity index (χ4n) is 3.04. The van der Waals surface area contributed by atoms with Gasteiger partial charge >= 0.3 is 6.09 Å². The molecule has 1 fully saturated rings. The average Bonchev–Trinajstić information content (AvgIpc) is 2.62. The number of likely N-dealkylation sites (N-methyl/N-ethyl adjacent to an activating group) is 1. The van der Waals surface area contributed by atoms with Crippen LogP contribution in [0.15, 0.2) is 30.3 Å². The number of carbonyl (C=O) groups excluding carboxylic acids is 2. The Bertz CT molecular complexity index is 542. The highest BCUT2D eigenvalue weighted by molar-refractivity contribution is 5.83. The third kappa shape index (κ3) is 4.47. The number of likely N-dealkylation sites (tertiary alicyclic amines) is 1. The van der Waals surface area contributed by atoms with E-state index in [-0.39, 0.29) is 24.1 Å². The van der Waals surface area contributed by atoms with Gasteiger partial charge in [0.1, 0.15) is 6.04 Å². The number of nitrogens with zero attached hydrogens (tertiary/aromatic N) is 2. The van der Waals surface area contributed by atoms with Crippen LogP contribution in [-0.4, -0.2) is 61.6 Å². The van der Waals surface area contributed by atoms with Gasteiger partial charge in [0.25, 0.3) is 0 Å². The van der Waals surface area contributed by atoms with Gasteiger partial charge in [-0.2, -0.15) is 0 Å². The van der Waals surface area contributed by atoms with E-state index in [0.717, 1.165) is 24.9 Å². The van der Waals surface area contributed by atoms with E-state index in [1.807, 2.05) is 49.2 Å². The second kappa shape index (κ2) is 8.68. The smallest absolute Gasteiger partial charge is 0.409 e. The molecule has 132 valence electrons. The maximum atomic E-state index is 12.8. The molecule has 0 saturated carbocycles. The third-order valence-corrected chi connectivity index (χ3v) is 4.58. The van der Waals surface area contributed by atoms with Crippen molar-refractivity contribution in [2.24, 2.45) is 0 Å². The normalized spacial score (nSPS) is 16.8. The second-order valence-electron chi connectivity index (χ2n) is 6.13. The van der Waals surface area contributed by atoms with Crippen molar-refractivity contribution < 1.29 is 14.3 Å². The van der Waals surface area contributed by atoms with Gasteiger partial charge in [0, 0.05) is 19.1 Å². The molecule has 1 saturated heterocycles. The van der Waals surface area contributed by atoms with Crippen molar-refractivity contribution in [3.8, 4) is 0 Å². The number of piperidine rings is 1. The lowest BCUT2D eigenvalue weighted by Crippen LogP contribution is -2.49. The SMILES string of the molecule is CCN(C)C(C(=O)NC1CCN(C(=O)OC)CC1)c1ccccc1. The topological polar surface area (TPSA) is 61.9 Å². The van der Waals surface area contributed by atoms with E-state index in [1.165, 1.54) is 7.11 Å². The molecule has 2 rings (SSSR count). The summed E-state index contributed by atoms with van der Waals surface area (Å²) in [4.78, 5) is 28.1. The molecule has 1 heterocycles. The fraction of sp³-hybridized carbons (Fsp3) is 0.556. The van der Waals surface area contributed by atoms with Gasteiger partial charge in [-0.3, -0.25) is 9.69 Å². The van der Waals surface area contributed by atoms with E-state index in [2.05, 4.69) is 5.32 Å². The molecular weight excluding hydrogens is 306 g/mol. The molecule has 0 aliphatic carbocycles. The highest BCUT2D eigenvalue weighted by atomic mass is 16.5. The summed E-state index contributed by atoms with van der Waals surface area (Å²) in [6.45, 7) is 4.04. The molecule has 6 heteroatoms. The van der Waals surface area contributed by atoms with Gasteiger partial charge in [0.15, 0.2) is 0 Å². The minimum absolute atomic E-state index is 0.0158. The highest BCUT2D eigenvalue weighted by Crippen LogP contribution is 2.20. The summed E-state index contributed by atoms with van der Waals surface area (Å²) in [5.74, 6) is 0.0158. The molecule has 1 aliphatic rings. The number of hydrogen-bond acceptors (Lipinski definition) is 4. The summed E-state index contributed by atoms with van der Waals surface area (Å²) < 4.78 is 4.74. The molecule has 1 aromatic rings. The summed E-state index contributed by atoms with van der Waals surface area (Å²) in [5.41, 5.74) is 0.992. The Balaban J connectivity index is 1.98. The lowest BCUT2D eigenvalue weighted by Gasteiger charge is -2.33. The first kappa shape index (κ1) is 18.3. The van der Waals surface area contributed by atoms with Crippen LogP contribution in [0, 0.1) is 0 Å². The number of amides is 2. The number of hydrogen-bond donors (Lipinski definition) is 1. The Hall–Kier alpha value is -2.08. The standard InChI is InChI=1S/C18H27N3O3/c1-4-20(2)16(14-8-6-5-7-9-14)17(22)19-15-10-12-21(13-11-15)18(23)24-3/h5-9,15-16H,4,10-13H2,1-3H3,(H,19,22). The molecule has 0 spiro atoms. The van der Waals surface area contributed by atoms with Gasteiger partial charge in [-0.15, -0.1) is 0 Å². The molecule has 1 aliphatic heterocycles. The van der Waals surface area contributed by atoms with Crippen LogP contribution in [0.3, 0.4) is 0 Å². The van der Waals surface area contributed by atoms with Crippen LogP contribution in [0.1, 0.15) is 31.4 Å². The molecule has 6 nitrogen and oxygen atoms in total. The minimum Gasteiger partial charge on any atom is -0.453 e. The van der Waals surface area contributed by atoms with Gasteiger partial charge in [-0.1, -0.05) is 37.3 Å². The molecule has 0 bridgehead atoms. The van der Waals surface area contributed by atoms with E-state index < -0.39 is 0 Å². The Morgan fingerprint density at radius 3 is 2.46 bits per heavy atom. The van der Waals surface area contributed by atoms with Crippen molar-refractivity contribution in [3.05, 3.63) is 35.9 Å². The van der Waals surface area contributed by atoms with Crippen molar-refractivity contribution in [1.29, 1.82) is 0 Å². The fourth-order valence-corrected chi connectivity index (χ4v) is 3.04. The van der Waals surface area contributed by atoms with Crippen molar-refractivity contribution >= 4 is 12.0 Å². The van der Waals surface area contributed by atoms with Crippen LogP contribution in [0.2, 0.25) is 0 Å². The lowest BCUT2D eigenvalue weighted by atomic mass is 10.0. The van der Waals surface area contributed by atoms with E-state index in [1.54, 1.807) is 4.90 Å². The summed E-state index contributed by atoms with van der Waals surface area (Å²) in [5, 5.41) is 3.15. The molecule has 1 unspecified atom stereocenters. The van der Waals surface area contributed by atoms with Crippen LogP contribution in [-0.2, 0) is 9.53 Å². The molecule has 24 heavy (non-hydrogen) atoms. The largest absolute Gasteiger partial charge is 0.453 e. The highest BCUT2D eigenvalue weighted by Gasteiger charge is 2.29. The first-order valence-corrected chi connectivity index (χ1v) is 8.45. The van der Waals surface area contributed by atoms with Crippen LogP contribution in [0.4, 0.5) is 4.79 Å². The Kier molecular flexibility index (Phi) is 6.61. The van der Waals surface area contributed by atoms with E-state index in [4.69, 9.17) is 4.74 Å². The number of benzene rings is 1. The van der Waals surface area contributed by atoms with Crippen LogP contribution in [0.25, 0.3) is 0 Å². The Labute approximate surface area is 143 Å². The van der Waals surface area contributed by atoms with Gasteiger partial charge in [0.05, 0.1) is 7.11 Å². The Morgan fingerprint density at radius 2 is 1.92 bits per heavy atom. The van der Waals surface area contributed by atoms with Crippen molar-refractivity contribution in [3.63, 3.8) is 0 Å². The van der Waals surface area contributed by atoms with E-state index in [9.17, 15) is 9.59 Å². The molecule has 0 radical (unpaired) electrons. The molecule has 2 amide bonds. The monoisotopic (exact) mass is 333 g/mol. The van der Waals surface area contributed by atoms with Gasteiger partial charge < -0.3 is 15.0 Å². The van der Waals surface area contributed by atoms with Gasteiger partial charge in [-0.25, -0.2) is 4.79 Å². The van der Waals surface area contributed by atoms with Crippen molar-refractivity contribution in [1.82, 2.24) is 15.1 Å². The van der Waals surface area contributed by atoms with Gasteiger partial charge in [-0.05, 0) is 32.0 Å². The lowest BCUT2D eigenvalue weighted by molar-refractivity contribution is -0.127. The van der Waals surface area contributed by atoms with E-state index in [0.29, 0.717) is 13.1 Å². The zero-order chi connectivity index (χ0) is 17.5. The number of ether oxygens (including phenoxy) is 1. The van der Waals surface area contributed by atoms with Crippen LogP contribution >= 0.6 is 0 Å². The van der Waals surface area contributed by atoms with Crippen LogP contribution in [0.5, 0.6) is 0 Å². The predicted molar refractivity (Wildman–Crippen MR) is 92.6 cm³/mol. The summed E-state index contributed by atoms with van der Waals surface area (Å²) in [7, 11) is 3.35. The quantitative estimate of drug-likeness (QED) is 0.895. The summed E-state index contributed by atoms with van der Waals surface area (Å²) >= 11 is 0. The predicted octanol–water partition coefficient (Wildman–Crippen LogP) is 2.03. The van der Waals surface area contributed by atoms with E-state index >= 15 is 0 Å². The first-order chi connectivity index (χ1) is 11.6. The molecule has 0 aromatic heterocycles. The van der Waals surface area contributed by atoms with Crippen molar-refractivity contribution in [2.75, 3.05) is 33.8 Å². The maximum absolute atomic E-state index is 12.8. The summed E-state index contributed by atoms with van der Waals surface area (Å²) in [6, 6.07) is 9.62. The average molecular weight is 333 g/mol. The van der Waals surface area contributed by atoms with Crippen molar-refractivity contribution in [2.45, 2.75) is 31.8 Å². The summed E-state index contributed by atoms with van der Waals surface area (Å²) in [6.07, 6.45) is 1.20. The maximum Gasteiger partial charge on any atom is 0.409 e. The number of rotatable bonds is 5. The first-order valence-electron chi connectivity index (χ1n) is 8.45. The number of methoxy groups -OCH3 is 1. The molecule has 1 N–H and O–H groups in total. The minimum atomic E-state index is -0.298. The zero-order valence-corrected chi connectivity index (χ0v) is 14.7. The zero-order valence-electron chi connectivity index (χ0n) is 14.7. The van der Waals surface area contributed by atoms with Crippen LogP contribution < -0.4 is 5.32 Å². The van der Waals surface area contributed by atoms with Gasteiger partial charge in [0.2, 0.25) is 5.91 Å². The molecule has 1 aromatic carbocycles. The Morgan fingerprint density at radius 1 is 1.29 bits per heavy atom. The number of carbonyl (C=O) groups is 2. The second-order valence-corrected chi connectivity index (χ2v) is 6.13. The third-order valence-electron chi connectivity index (χ3n) is 4.58.